The highest BCUT2D eigenvalue weighted by molar-refractivity contribution is 6.03. The first kappa shape index (κ1) is 23.8. The molecule has 1 fully saturated rings. The predicted molar refractivity (Wildman–Crippen MR) is 139 cm³/mol. The molecule has 5 atom stereocenters. The maximum Gasteiger partial charge on any atom is 0.262 e. The molecule has 0 unspecified atom stereocenters. The maximum absolute atomic E-state index is 13.8. The summed E-state index contributed by atoms with van der Waals surface area (Å²) in [6, 6.07) is 12.4. The number of benzene rings is 2. The molecule has 3 aliphatic heterocycles. The Balaban J connectivity index is 1.52. The van der Waals surface area contributed by atoms with Crippen LogP contribution >= 0.6 is 0 Å². The van der Waals surface area contributed by atoms with Crippen LogP contribution in [0.5, 0.6) is 0 Å². The van der Waals surface area contributed by atoms with Crippen molar-refractivity contribution in [3.63, 3.8) is 0 Å². The Morgan fingerprint density at radius 1 is 0.973 bits per heavy atom. The van der Waals surface area contributed by atoms with Crippen LogP contribution in [0.4, 0.5) is 5.69 Å². The summed E-state index contributed by atoms with van der Waals surface area (Å²) in [5.74, 6) is 0.0284. The van der Waals surface area contributed by atoms with E-state index in [4.69, 9.17) is 4.98 Å². The molecule has 37 heavy (non-hydrogen) atoms. The van der Waals surface area contributed by atoms with Crippen LogP contribution in [0, 0.1) is 11.8 Å². The standard InChI is InChI=1S/C28H31N5O4/c1-14(2)21-23-29-18-11-7-5-9-16(18)25(35)32(23)20(24(34)30-21)13-28(37)17-10-6-8-12-19(17)33-26(36)22(15(3)4)31-27(28)33/h5-12,14-15,20-22,27,31,37H,13H2,1-4H3,(H,30,34)/t20-,21+,22+,27-,28+/m1/s1. The molecule has 2 aromatic carbocycles. The number of carbonyl (C=O) groups is 2. The molecule has 0 aliphatic carbocycles. The first-order valence-corrected chi connectivity index (χ1v) is 12.9. The van der Waals surface area contributed by atoms with Crippen LogP contribution < -0.4 is 21.1 Å². The molecular weight excluding hydrogens is 470 g/mol. The minimum atomic E-state index is -1.61. The fourth-order valence-corrected chi connectivity index (χ4v) is 6.16. The summed E-state index contributed by atoms with van der Waals surface area (Å²) in [5, 5.41) is 19.1. The molecule has 0 saturated carbocycles. The Morgan fingerprint density at radius 3 is 2.38 bits per heavy atom. The summed E-state index contributed by atoms with van der Waals surface area (Å²) in [5.41, 5.74) is -0.168. The highest BCUT2D eigenvalue weighted by atomic mass is 16.3. The largest absolute Gasteiger partial charge is 0.381 e. The van der Waals surface area contributed by atoms with Crippen LogP contribution in [0.1, 0.15) is 57.6 Å². The molecule has 3 aliphatic rings. The molecule has 0 bridgehead atoms. The zero-order valence-electron chi connectivity index (χ0n) is 21.3. The third-order valence-corrected chi connectivity index (χ3v) is 8.04. The van der Waals surface area contributed by atoms with Crippen LogP contribution in [-0.4, -0.2) is 38.7 Å². The van der Waals surface area contributed by atoms with Gasteiger partial charge < -0.3 is 10.4 Å². The molecular formula is C28H31N5O4. The van der Waals surface area contributed by atoms with Gasteiger partial charge in [-0.15, -0.1) is 0 Å². The van der Waals surface area contributed by atoms with Gasteiger partial charge in [-0.05, 0) is 30.0 Å². The number of hydrogen-bond donors (Lipinski definition) is 3. The number of anilines is 1. The van der Waals surface area contributed by atoms with E-state index >= 15 is 0 Å². The van der Waals surface area contributed by atoms with Gasteiger partial charge in [-0.2, -0.15) is 0 Å². The van der Waals surface area contributed by atoms with Crippen molar-refractivity contribution in [1.82, 2.24) is 20.2 Å². The predicted octanol–water partition coefficient (Wildman–Crippen LogP) is 2.34. The Kier molecular flexibility index (Phi) is 5.29. The average molecular weight is 502 g/mol. The summed E-state index contributed by atoms with van der Waals surface area (Å²) in [6.07, 6.45) is -0.854. The zero-order valence-corrected chi connectivity index (χ0v) is 21.3. The van der Waals surface area contributed by atoms with Gasteiger partial charge in [0.1, 0.15) is 23.6 Å². The van der Waals surface area contributed by atoms with Gasteiger partial charge in [-0.25, -0.2) is 4.98 Å². The second-order valence-corrected chi connectivity index (χ2v) is 11.1. The van der Waals surface area contributed by atoms with Crippen molar-refractivity contribution in [2.75, 3.05) is 4.90 Å². The zero-order chi connectivity index (χ0) is 26.2. The highest BCUT2D eigenvalue weighted by Gasteiger charge is 2.59. The molecule has 6 rings (SSSR count). The summed E-state index contributed by atoms with van der Waals surface area (Å²) >= 11 is 0. The maximum atomic E-state index is 13.8. The molecule has 2 amide bonds. The van der Waals surface area contributed by atoms with E-state index in [-0.39, 0.29) is 35.6 Å². The first-order chi connectivity index (χ1) is 17.6. The third-order valence-electron chi connectivity index (χ3n) is 8.04. The molecule has 1 saturated heterocycles. The lowest BCUT2D eigenvalue weighted by atomic mass is 9.84. The second-order valence-electron chi connectivity index (χ2n) is 11.1. The Morgan fingerprint density at radius 2 is 1.65 bits per heavy atom. The molecule has 0 radical (unpaired) electrons. The van der Waals surface area contributed by atoms with Gasteiger partial charge in [0, 0.05) is 12.0 Å². The fourth-order valence-electron chi connectivity index (χ4n) is 6.16. The van der Waals surface area contributed by atoms with Gasteiger partial charge in [0.05, 0.1) is 28.7 Å². The van der Waals surface area contributed by atoms with Crippen LogP contribution in [0.3, 0.4) is 0 Å². The Hall–Kier alpha value is -3.56. The lowest BCUT2D eigenvalue weighted by molar-refractivity contribution is -0.130. The van der Waals surface area contributed by atoms with Gasteiger partial charge in [-0.3, -0.25) is 29.2 Å². The van der Waals surface area contributed by atoms with Gasteiger partial charge in [0.15, 0.2) is 0 Å². The van der Waals surface area contributed by atoms with Crippen molar-refractivity contribution in [3.8, 4) is 0 Å². The molecule has 9 heteroatoms. The molecule has 0 spiro atoms. The van der Waals surface area contributed by atoms with E-state index in [0.717, 1.165) is 0 Å². The summed E-state index contributed by atoms with van der Waals surface area (Å²) in [7, 11) is 0. The number of nitrogens with zero attached hydrogens (tertiary/aromatic N) is 3. The molecule has 3 N–H and O–H groups in total. The van der Waals surface area contributed by atoms with Crippen molar-refractivity contribution >= 4 is 28.4 Å². The van der Waals surface area contributed by atoms with Crippen molar-refractivity contribution in [3.05, 3.63) is 70.3 Å². The van der Waals surface area contributed by atoms with Crippen LogP contribution in [0.25, 0.3) is 10.9 Å². The minimum absolute atomic E-state index is 0.00378. The quantitative estimate of drug-likeness (QED) is 0.505. The molecule has 3 aromatic rings. The summed E-state index contributed by atoms with van der Waals surface area (Å²) in [6.45, 7) is 7.84. The number of amides is 2. The number of rotatable bonds is 4. The van der Waals surface area contributed by atoms with Crippen molar-refractivity contribution in [2.24, 2.45) is 11.8 Å². The molecule has 1 aromatic heterocycles. The number of para-hydroxylation sites is 2. The van der Waals surface area contributed by atoms with Crippen LogP contribution in [0.2, 0.25) is 0 Å². The number of hydrogen-bond acceptors (Lipinski definition) is 6. The van der Waals surface area contributed by atoms with E-state index in [9.17, 15) is 19.5 Å². The Labute approximate surface area is 214 Å². The van der Waals surface area contributed by atoms with E-state index in [1.165, 1.54) is 4.57 Å². The van der Waals surface area contributed by atoms with E-state index in [1.807, 2.05) is 45.9 Å². The van der Waals surface area contributed by atoms with Gasteiger partial charge in [0.25, 0.3) is 5.56 Å². The lowest BCUT2D eigenvalue weighted by Crippen LogP contribution is -2.55. The average Bonchev–Trinajstić information content (AvgIpc) is 3.34. The van der Waals surface area contributed by atoms with Gasteiger partial charge in [0.2, 0.25) is 11.8 Å². The molecule has 192 valence electrons. The van der Waals surface area contributed by atoms with Crippen molar-refractivity contribution < 1.29 is 14.7 Å². The number of carbonyl (C=O) groups excluding carboxylic acids is 2. The first-order valence-electron chi connectivity index (χ1n) is 12.9. The third kappa shape index (κ3) is 3.30. The second kappa shape index (κ2) is 8.22. The normalized spacial score (nSPS) is 28.6. The Bertz CT molecular complexity index is 1500. The van der Waals surface area contributed by atoms with E-state index in [0.29, 0.717) is 28.0 Å². The smallest absolute Gasteiger partial charge is 0.262 e. The van der Waals surface area contributed by atoms with Gasteiger partial charge >= 0.3 is 0 Å². The van der Waals surface area contributed by atoms with E-state index in [2.05, 4.69) is 10.6 Å². The lowest BCUT2D eigenvalue weighted by Gasteiger charge is -2.39. The number of aromatic nitrogens is 2. The number of fused-ring (bicyclic) bond motifs is 5. The van der Waals surface area contributed by atoms with Crippen molar-refractivity contribution in [1.29, 1.82) is 0 Å². The minimum Gasteiger partial charge on any atom is -0.381 e. The number of aliphatic hydroxyl groups is 1. The van der Waals surface area contributed by atoms with Crippen LogP contribution in [0.15, 0.2) is 53.3 Å². The monoisotopic (exact) mass is 501 g/mol. The summed E-state index contributed by atoms with van der Waals surface area (Å²) in [4.78, 5) is 47.2. The van der Waals surface area contributed by atoms with E-state index < -0.39 is 29.9 Å². The van der Waals surface area contributed by atoms with Crippen molar-refractivity contribution in [2.45, 2.75) is 64.0 Å². The molecule has 4 heterocycles. The van der Waals surface area contributed by atoms with E-state index in [1.54, 1.807) is 35.2 Å². The SMILES string of the molecule is CC(C)[C@@H]1N[C@@H]2N(C1=O)c1ccccc1[C@@]2(O)C[C@@H]1C(=O)N[C@@H](C(C)C)c2nc3ccccc3c(=O)n21. The molecule has 9 nitrogen and oxygen atoms in total. The number of nitrogens with one attached hydrogen (secondary N) is 2. The topological polar surface area (TPSA) is 117 Å². The summed E-state index contributed by atoms with van der Waals surface area (Å²) < 4.78 is 1.46. The van der Waals surface area contributed by atoms with Crippen LogP contribution in [-0.2, 0) is 15.2 Å². The van der Waals surface area contributed by atoms with Gasteiger partial charge in [-0.1, -0.05) is 58.0 Å². The fraction of sp³-hybridized carbons (Fsp3) is 0.429. The highest BCUT2D eigenvalue weighted by Crippen LogP contribution is 2.50.